The van der Waals surface area contributed by atoms with E-state index in [2.05, 4.69) is 27.7 Å². The molecule has 0 radical (unpaired) electrons. The van der Waals surface area contributed by atoms with Gasteiger partial charge in [0.15, 0.2) is 5.41 Å². The fourth-order valence-electron chi connectivity index (χ4n) is 5.11. The maximum atomic E-state index is 11.7. The number of carbonyl (C=O) groups is 2. The third kappa shape index (κ3) is 5.01. The van der Waals surface area contributed by atoms with Crippen LogP contribution in [0.15, 0.2) is 0 Å². The zero-order valence-corrected chi connectivity index (χ0v) is 17.4. The Balaban J connectivity index is 2.96. The number of aliphatic carboxylic acids is 2. The van der Waals surface area contributed by atoms with Gasteiger partial charge in [-0.25, -0.2) is 0 Å². The van der Waals surface area contributed by atoms with Gasteiger partial charge in [-0.3, -0.25) is 9.59 Å². The molecule has 1 aliphatic rings. The van der Waals surface area contributed by atoms with E-state index in [1.54, 1.807) is 0 Å². The van der Waals surface area contributed by atoms with Crippen LogP contribution < -0.4 is 0 Å². The molecule has 26 heavy (non-hydrogen) atoms. The average molecular weight is 369 g/mol. The molecular weight excluding hydrogens is 328 g/mol. The molecular formula is C22H40O4. The van der Waals surface area contributed by atoms with Gasteiger partial charge in [0.1, 0.15) is 0 Å². The summed E-state index contributed by atoms with van der Waals surface area (Å²) in [5.74, 6) is -1.27. The van der Waals surface area contributed by atoms with Crippen LogP contribution in [0.5, 0.6) is 0 Å². The first-order chi connectivity index (χ1) is 12.3. The molecule has 0 aliphatic heterocycles. The molecule has 0 heterocycles. The summed E-state index contributed by atoms with van der Waals surface area (Å²) in [6.07, 6.45) is 11.6. The van der Waals surface area contributed by atoms with Gasteiger partial charge in [0.05, 0.1) is 0 Å². The van der Waals surface area contributed by atoms with E-state index >= 15 is 0 Å². The van der Waals surface area contributed by atoms with E-state index in [1.165, 1.54) is 51.4 Å². The maximum Gasteiger partial charge on any atom is 0.321 e. The average Bonchev–Trinajstić information content (AvgIpc) is 2.61. The zero-order chi connectivity index (χ0) is 19.8. The number of hydrogen-bond acceptors (Lipinski definition) is 2. The summed E-state index contributed by atoms with van der Waals surface area (Å²) >= 11 is 0. The van der Waals surface area contributed by atoms with Crippen molar-refractivity contribution in [3.05, 3.63) is 0 Å². The molecule has 1 rings (SSSR count). The highest BCUT2D eigenvalue weighted by Gasteiger charge is 2.54. The molecule has 0 saturated heterocycles. The van der Waals surface area contributed by atoms with Crippen LogP contribution in [0.3, 0.4) is 0 Å². The van der Waals surface area contributed by atoms with Gasteiger partial charge in [0.2, 0.25) is 0 Å². The van der Waals surface area contributed by atoms with Gasteiger partial charge in [-0.15, -0.1) is 0 Å². The summed E-state index contributed by atoms with van der Waals surface area (Å²) < 4.78 is 0. The van der Waals surface area contributed by atoms with Crippen LogP contribution >= 0.6 is 0 Å². The van der Waals surface area contributed by atoms with Crippen LogP contribution in [-0.2, 0) is 9.59 Å². The topological polar surface area (TPSA) is 74.6 Å². The second kappa shape index (κ2) is 10.3. The van der Waals surface area contributed by atoms with Gasteiger partial charge in [-0.2, -0.15) is 0 Å². The molecule has 4 nitrogen and oxygen atoms in total. The van der Waals surface area contributed by atoms with E-state index in [0.717, 1.165) is 12.8 Å². The summed E-state index contributed by atoms with van der Waals surface area (Å²) in [5.41, 5.74) is -1.48. The second-order valence-corrected chi connectivity index (χ2v) is 8.72. The molecule has 0 aromatic rings. The molecule has 0 bridgehead atoms. The van der Waals surface area contributed by atoms with Gasteiger partial charge in [0, 0.05) is 0 Å². The largest absolute Gasteiger partial charge is 0.480 e. The van der Waals surface area contributed by atoms with E-state index in [9.17, 15) is 19.8 Å². The van der Waals surface area contributed by atoms with Crippen molar-refractivity contribution in [3.63, 3.8) is 0 Å². The molecule has 2 unspecified atom stereocenters. The van der Waals surface area contributed by atoms with Crippen LogP contribution in [0.25, 0.3) is 0 Å². The molecule has 0 amide bonds. The van der Waals surface area contributed by atoms with Crippen molar-refractivity contribution in [1.29, 1.82) is 0 Å². The summed E-state index contributed by atoms with van der Waals surface area (Å²) in [7, 11) is 0. The van der Waals surface area contributed by atoms with E-state index in [0.29, 0.717) is 11.8 Å². The van der Waals surface area contributed by atoms with E-state index in [1.807, 2.05) is 0 Å². The third-order valence-electron chi connectivity index (χ3n) is 7.30. The predicted octanol–water partition coefficient (Wildman–Crippen LogP) is 6.14. The Morgan fingerprint density at radius 3 is 1.46 bits per heavy atom. The van der Waals surface area contributed by atoms with E-state index in [-0.39, 0.29) is 18.3 Å². The van der Waals surface area contributed by atoms with Crippen LogP contribution in [0.4, 0.5) is 0 Å². The summed E-state index contributed by atoms with van der Waals surface area (Å²) in [6.45, 7) is 9.06. The Labute approximate surface area is 159 Å². The summed E-state index contributed by atoms with van der Waals surface area (Å²) in [6, 6.07) is 0. The fraction of sp³-hybridized carbons (Fsp3) is 0.909. The molecule has 0 aromatic heterocycles. The van der Waals surface area contributed by atoms with Crippen molar-refractivity contribution in [2.24, 2.45) is 22.7 Å². The van der Waals surface area contributed by atoms with Crippen LogP contribution in [0.1, 0.15) is 105 Å². The fourth-order valence-corrected chi connectivity index (χ4v) is 5.11. The zero-order valence-electron chi connectivity index (χ0n) is 17.4. The Bertz CT molecular complexity index is 415. The lowest BCUT2D eigenvalue weighted by Gasteiger charge is -2.50. The highest BCUT2D eigenvalue weighted by Crippen LogP contribution is 2.55. The smallest absolute Gasteiger partial charge is 0.321 e. The van der Waals surface area contributed by atoms with Crippen LogP contribution in [0.2, 0.25) is 0 Å². The lowest BCUT2D eigenvalue weighted by atomic mass is 9.53. The van der Waals surface area contributed by atoms with Crippen molar-refractivity contribution >= 4 is 11.9 Å². The monoisotopic (exact) mass is 368 g/mol. The number of rotatable bonds is 12. The van der Waals surface area contributed by atoms with Crippen LogP contribution in [-0.4, -0.2) is 22.2 Å². The standard InChI is InChI=1S/C22H40O4/c1-5-7-9-11-17(3)21(18(4)12-10-8-6-2)13-15-22(16-14-21,19(23)24)20(25)26/h17-18H,5-16H2,1-4H3,(H,23,24)(H,25,26). The summed E-state index contributed by atoms with van der Waals surface area (Å²) in [4.78, 5) is 23.4. The Kier molecular flexibility index (Phi) is 9.12. The predicted molar refractivity (Wildman–Crippen MR) is 105 cm³/mol. The number of carboxylic acid groups (broad SMARTS) is 2. The Morgan fingerprint density at radius 2 is 1.15 bits per heavy atom. The number of carboxylic acids is 2. The van der Waals surface area contributed by atoms with Crippen LogP contribution in [0, 0.1) is 22.7 Å². The molecule has 152 valence electrons. The number of hydrogen-bond donors (Lipinski definition) is 2. The molecule has 2 N–H and O–H groups in total. The highest BCUT2D eigenvalue weighted by atomic mass is 16.4. The van der Waals surface area contributed by atoms with Crippen molar-refractivity contribution in [3.8, 4) is 0 Å². The van der Waals surface area contributed by atoms with Gasteiger partial charge in [-0.05, 0) is 42.9 Å². The molecule has 1 saturated carbocycles. The van der Waals surface area contributed by atoms with Gasteiger partial charge >= 0.3 is 11.9 Å². The highest BCUT2D eigenvalue weighted by molar-refractivity contribution is 5.98. The van der Waals surface area contributed by atoms with Gasteiger partial charge < -0.3 is 10.2 Å². The Hall–Kier alpha value is -1.06. The van der Waals surface area contributed by atoms with E-state index < -0.39 is 17.4 Å². The molecule has 1 aliphatic carbocycles. The molecule has 0 aromatic carbocycles. The first-order valence-corrected chi connectivity index (χ1v) is 10.7. The SMILES string of the molecule is CCCCCC(C)C1(C(C)CCCCC)CCC(C(=O)O)(C(=O)O)CC1. The lowest BCUT2D eigenvalue weighted by molar-refractivity contribution is -0.171. The molecule has 2 atom stereocenters. The maximum absolute atomic E-state index is 11.7. The minimum Gasteiger partial charge on any atom is -0.480 e. The third-order valence-corrected chi connectivity index (χ3v) is 7.30. The first-order valence-electron chi connectivity index (χ1n) is 10.7. The van der Waals surface area contributed by atoms with Crippen molar-refractivity contribution in [1.82, 2.24) is 0 Å². The molecule has 0 spiro atoms. The normalized spacial score (nSPS) is 21.1. The van der Waals surface area contributed by atoms with Gasteiger partial charge in [-0.1, -0.05) is 79.1 Å². The molecule has 1 fully saturated rings. The minimum absolute atomic E-state index is 0.0931. The van der Waals surface area contributed by atoms with Crippen molar-refractivity contribution < 1.29 is 19.8 Å². The molecule has 4 heteroatoms. The van der Waals surface area contributed by atoms with Gasteiger partial charge in [0.25, 0.3) is 0 Å². The Morgan fingerprint density at radius 1 is 0.769 bits per heavy atom. The number of unbranched alkanes of at least 4 members (excludes halogenated alkanes) is 4. The lowest BCUT2D eigenvalue weighted by Crippen LogP contribution is -2.49. The van der Waals surface area contributed by atoms with E-state index in [4.69, 9.17) is 0 Å². The second-order valence-electron chi connectivity index (χ2n) is 8.72. The van der Waals surface area contributed by atoms with Crippen molar-refractivity contribution in [2.75, 3.05) is 0 Å². The first kappa shape index (κ1) is 23.0. The minimum atomic E-state index is -1.57. The quantitative estimate of drug-likeness (QED) is 0.321. The summed E-state index contributed by atoms with van der Waals surface area (Å²) in [5, 5.41) is 19.1. The van der Waals surface area contributed by atoms with Crippen molar-refractivity contribution in [2.45, 2.75) is 105 Å².